The van der Waals surface area contributed by atoms with Gasteiger partial charge in [0.05, 0.1) is 22.4 Å². The number of hydrogen-bond acceptors (Lipinski definition) is 2. The number of aryl methyl sites for hydroxylation is 2. The van der Waals surface area contributed by atoms with E-state index in [9.17, 15) is 0 Å². The van der Waals surface area contributed by atoms with Gasteiger partial charge < -0.3 is 0 Å². The van der Waals surface area contributed by atoms with E-state index >= 15 is 0 Å². The molecule has 0 spiro atoms. The van der Waals surface area contributed by atoms with Gasteiger partial charge in [-0.2, -0.15) is 0 Å². The zero-order valence-electron chi connectivity index (χ0n) is 31.7. The number of aromatic nitrogens is 3. The lowest BCUT2D eigenvalue weighted by Crippen LogP contribution is -2.04. The Kier molecular flexibility index (Phi) is 7.61. The van der Waals surface area contributed by atoms with E-state index in [1.165, 1.54) is 70.9 Å². The average molecular weight is 728 g/mol. The molecular weight excluding hydrogens is 691 g/mol. The van der Waals surface area contributed by atoms with E-state index < -0.39 is 0 Å². The van der Waals surface area contributed by atoms with Crippen molar-refractivity contribution >= 4 is 54.1 Å². The maximum Gasteiger partial charge on any atom is 0.235 e. The molecule has 0 amide bonds. The predicted molar refractivity (Wildman–Crippen MR) is 240 cm³/mol. The Balaban J connectivity index is 1.06. The fourth-order valence-electron chi connectivity index (χ4n) is 8.88. The molecule has 0 aliphatic rings. The Bertz CT molecular complexity index is 3320. The molecule has 9 aromatic carbocycles. The smallest absolute Gasteiger partial charge is 0.235 e. The SMILES string of the molecule is Cc1ccc(-c2cccc(-c3cc(-c4ccccc4)nc(-n4c5ccccc5c5ccccc54)n3)c2)cc1-c1cc2c3ccccc3c3ccccc3c2cc1C. The van der Waals surface area contributed by atoms with E-state index in [1.807, 2.05) is 6.07 Å². The summed E-state index contributed by atoms with van der Waals surface area (Å²) in [6, 6.07) is 67.7. The lowest BCUT2D eigenvalue weighted by atomic mass is 9.87. The van der Waals surface area contributed by atoms with Gasteiger partial charge in [0.1, 0.15) is 0 Å². The van der Waals surface area contributed by atoms with E-state index in [1.54, 1.807) is 0 Å². The minimum Gasteiger partial charge on any atom is -0.278 e. The standard InChI is InChI=1S/C54H37N3/c1-34-27-28-38(31-46(34)47-32-49-43-22-9-7-20-41(43)40-19-6-8-21-42(40)48(49)29-35(47)2)37-17-14-18-39(30-37)51-33-50(36-15-4-3-5-16-36)55-54(56-51)57-52-25-12-10-23-44(52)45-24-11-13-26-53(45)57/h3-33H,1-2H3. The zero-order valence-corrected chi connectivity index (χ0v) is 31.7. The molecule has 0 N–H and O–H groups in total. The molecule has 2 heterocycles. The second kappa shape index (κ2) is 13.1. The van der Waals surface area contributed by atoms with Crippen LogP contribution >= 0.6 is 0 Å². The number of nitrogens with zero attached hydrogens (tertiary/aromatic N) is 3. The Labute approximate surface area is 331 Å². The third-order valence-electron chi connectivity index (χ3n) is 11.7. The van der Waals surface area contributed by atoms with Gasteiger partial charge in [0.15, 0.2) is 0 Å². The number of para-hydroxylation sites is 2. The third-order valence-corrected chi connectivity index (χ3v) is 11.7. The molecule has 0 aliphatic heterocycles. The molecule has 0 radical (unpaired) electrons. The second-order valence-electron chi connectivity index (χ2n) is 15.1. The van der Waals surface area contributed by atoms with Crippen LogP contribution in [-0.4, -0.2) is 14.5 Å². The lowest BCUT2D eigenvalue weighted by molar-refractivity contribution is 0.995. The highest BCUT2D eigenvalue weighted by Crippen LogP contribution is 2.41. The van der Waals surface area contributed by atoms with Gasteiger partial charge in [-0.15, -0.1) is 0 Å². The summed E-state index contributed by atoms with van der Waals surface area (Å²) in [6.45, 7) is 4.47. The van der Waals surface area contributed by atoms with Crippen molar-refractivity contribution in [2.45, 2.75) is 13.8 Å². The van der Waals surface area contributed by atoms with Gasteiger partial charge in [0.2, 0.25) is 5.95 Å². The van der Waals surface area contributed by atoms with Crippen molar-refractivity contribution in [2.75, 3.05) is 0 Å². The van der Waals surface area contributed by atoms with Crippen molar-refractivity contribution in [3.8, 4) is 50.7 Å². The molecule has 3 heteroatoms. The van der Waals surface area contributed by atoms with Crippen molar-refractivity contribution in [1.82, 2.24) is 14.5 Å². The molecule has 0 fully saturated rings. The Hall–Kier alpha value is -7.36. The van der Waals surface area contributed by atoms with Crippen LogP contribution in [0, 0.1) is 13.8 Å². The molecule has 0 saturated carbocycles. The number of fused-ring (bicyclic) bond motifs is 9. The molecule has 0 atom stereocenters. The summed E-state index contributed by atoms with van der Waals surface area (Å²) in [5.41, 5.74) is 13.3. The van der Waals surface area contributed by atoms with Crippen molar-refractivity contribution in [2.24, 2.45) is 0 Å². The van der Waals surface area contributed by atoms with Crippen LogP contribution in [0.1, 0.15) is 11.1 Å². The van der Waals surface area contributed by atoms with Gasteiger partial charge in [0, 0.05) is 21.9 Å². The van der Waals surface area contributed by atoms with Crippen molar-refractivity contribution in [1.29, 1.82) is 0 Å². The molecule has 3 nitrogen and oxygen atoms in total. The van der Waals surface area contributed by atoms with Gasteiger partial charge in [-0.3, -0.25) is 4.57 Å². The molecule has 0 unspecified atom stereocenters. The predicted octanol–water partition coefficient (Wildman–Crippen LogP) is 14.3. The first-order valence-corrected chi connectivity index (χ1v) is 19.6. The molecule has 268 valence electrons. The quantitative estimate of drug-likeness (QED) is 0.165. The van der Waals surface area contributed by atoms with Gasteiger partial charge in [-0.05, 0) is 116 Å². The van der Waals surface area contributed by atoms with Crippen LogP contribution in [0.5, 0.6) is 0 Å². The van der Waals surface area contributed by atoms with E-state index in [2.05, 4.69) is 200 Å². The summed E-state index contributed by atoms with van der Waals surface area (Å²) < 4.78 is 2.20. The number of hydrogen-bond donors (Lipinski definition) is 0. The highest BCUT2D eigenvalue weighted by atomic mass is 15.2. The first-order chi connectivity index (χ1) is 28.1. The molecule has 0 saturated heterocycles. The van der Waals surface area contributed by atoms with E-state index in [-0.39, 0.29) is 0 Å². The number of benzene rings is 9. The summed E-state index contributed by atoms with van der Waals surface area (Å²) in [5.74, 6) is 0.652. The number of rotatable bonds is 5. The van der Waals surface area contributed by atoms with Crippen molar-refractivity contribution < 1.29 is 0 Å². The summed E-state index contributed by atoms with van der Waals surface area (Å²) in [7, 11) is 0. The van der Waals surface area contributed by atoms with Gasteiger partial charge >= 0.3 is 0 Å². The minimum atomic E-state index is 0.652. The zero-order chi connectivity index (χ0) is 38.0. The molecular formula is C54H37N3. The Morgan fingerprint density at radius 1 is 0.316 bits per heavy atom. The largest absolute Gasteiger partial charge is 0.278 e. The molecule has 11 aromatic rings. The summed E-state index contributed by atoms with van der Waals surface area (Å²) in [4.78, 5) is 10.5. The summed E-state index contributed by atoms with van der Waals surface area (Å²) in [6.07, 6.45) is 0. The third kappa shape index (κ3) is 5.43. The van der Waals surface area contributed by atoms with Crippen molar-refractivity contribution in [3.63, 3.8) is 0 Å². The van der Waals surface area contributed by atoms with E-state index in [0.717, 1.165) is 39.1 Å². The van der Waals surface area contributed by atoms with E-state index in [4.69, 9.17) is 9.97 Å². The fourth-order valence-corrected chi connectivity index (χ4v) is 8.88. The van der Waals surface area contributed by atoms with Crippen LogP contribution in [0.15, 0.2) is 188 Å². The Morgan fingerprint density at radius 3 is 1.44 bits per heavy atom. The summed E-state index contributed by atoms with van der Waals surface area (Å²) >= 11 is 0. The molecule has 2 aromatic heterocycles. The highest BCUT2D eigenvalue weighted by molar-refractivity contribution is 6.26. The van der Waals surface area contributed by atoms with Crippen LogP contribution < -0.4 is 0 Å². The van der Waals surface area contributed by atoms with Crippen LogP contribution in [0.3, 0.4) is 0 Å². The van der Waals surface area contributed by atoms with Gasteiger partial charge in [-0.1, -0.05) is 152 Å². The first kappa shape index (κ1) is 33.0. The second-order valence-corrected chi connectivity index (χ2v) is 15.1. The van der Waals surface area contributed by atoms with Gasteiger partial charge in [0.25, 0.3) is 0 Å². The van der Waals surface area contributed by atoms with Crippen LogP contribution in [-0.2, 0) is 0 Å². The topological polar surface area (TPSA) is 30.7 Å². The van der Waals surface area contributed by atoms with E-state index in [0.29, 0.717) is 5.95 Å². The highest BCUT2D eigenvalue weighted by Gasteiger charge is 2.18. The molecule has 57 heavy (non-hydrogen) atoms. The van der Waals surface area contributed by atoms with Gasteiger partial charge in [-0.25, -0.2) is 9.97 Å². The van der Waals surface area contributed by atoms with Crippen LogP contribution in [0.25, 0.3) is 105 Å². The first-order valence-electron chi connectivity index (χ1n) is 19.6. The van der Waals surface area contributed by atoms with Crippen LogP contribution in [0.2, 0.25) is 0 Å². The summed E-state index contributed by atoms with van der Waals surface area (Å²) in [5, 5.41) is 10.1. The van der Waals surface area contributed by atoms with Crippen LogP contribution in [0.4, 0.5) is 0 Å². The normalized spacial score (nSPS) is 11.7. The Morgan fingerprint density at radius 2 is 0.789 bits per heavy atom. The van der Waals surface area contributed by atoms with Crippen molar-refractivity contribution in [3.05, 3.63) is 199 Å². The average Bonchev–Trinajstić information content (AvgIpc) is 3.61. The monoisotopic (exact) mass is 727 g/mol. The lowest BCUT2D eigenvalue weighted by Gasteiger charge is -2.16. The maximum absolute atomic E-state index is 5.32. The fraction of sp³-hybridized carbons (Fsp3) is 0.0370. The molecule has 0 aliphatic carbocycles. The minimum absolute atomic E-state index is 0.652. The molecule has 11 rings (SSSR count). The molecule has 0 bridgehead atoms. The maximum atomic E-state index is 5.32.